The van der Waals surface area contributed by atoms with Crippen molar-refractivity contribution in [2.24, 2.45) is 0 Å². The van der Waals surface area contributed by atoms with Gasteiger partial charge in [0.05, 0.1) is 0 Å². The molecule has 0 spiro atoms. The number of hydrogen-bond acceptors (Lipinski definition) is 1. The maximum Gasteiger partial charge on any atom is -0.00848 e. The molecule has 0 aromatic carbocycles. The normalized spacial score (nSPS) is 9.80. The van der Waals surface area contributed by atoms with Gasteiger partial charge in [0.15, 0.2) is 0 Å². The minimum atomic E-state index is 0.734. The zero-order chi connectivity index (χ0) is 4.12. The number of rotatable bonds is 2. The molecule has 0 heterocycles. The van der Waals surface area contributed by atoms with Gasteiger partial charge in [-0.25, -0.2) is 0 Å². The molecule has 0 aliphatic carbocycles. The Hall–Kier alpha value is 0.520. The summed E-state index contributed by atoms with van der Waals surface area (Å²) < 4.78 is 0. The van der Waals surface area contributed by atoms with Gasteiger partial charge in [0.1, 0.15) is 0 Å². The van der Waals surface area contributed by atoms with E-state index in [4.69, 9.17) is 0 Å². The minimum absolute atomic E-state index is 0.734. The van der Waals surface area contributed by atoms with Crippen LogP contribution in [-0.2, 0) is 0 Å². The molecule has 0 fully saturated rings. The molecule has 0 saturated carbocycles. The van der Waals surface area contributed by atoms with E-state index in [1.54, 1.807) is 0 Å². The molecule has 0 saturated heterocycles. The third-order valence-corrected chi connectivity index (χ3v) is 1.25. The fourth-order valence-corrected chi connectivity index (χ4v) is 0.581. The van der Waals surface area contributed by atoms with E-state index in [1.807, 2.05) is 6.08 Å². The van der Waals surface area contributed by atoms with Crippen LogP contribution in [0.1, 0.15) is 0 Å². The molecule has 0 rings (SSSR count). The SMILES string of the molecule is C=CCPS. The smallest absolute Gasteiger partial charge is 0.00848 e. The van der Waals surface area contributed by atoms with Crippen LogP contribution in [0.3, 0.4) is 0 Å². The predicted molar refractivity (Wildman–Crippen MR) is 32.4 cm³/mol. The molecule has 0 amide bonds. The van der Waals surface area contributed by atoms with Gasteiger partial charge in [-0.1, -0.05) is 13.9 Å². The Labute approximate surface area is 39.6 Å². The lowest BCUT2D eigenvalue weighted by atomic mass is 10.8. The summed E-state index contributed by atoms with van der Waals surface area (Å²) in [6.07, 6.45) is 2.91. The first kappa shape index (κ1) is 5.52. The first-order chi connectivity index (χ1) is 2.41. The molecular weight excluding hydrogens is 99.1 g/mol. The average molecular weight is 106 g/mol. The molecule has 2 heteroatoms. The molecule has 0 nitrogen and oxygen atoms in total. The Morgan fingerprint density at radius 3 is 2.60 bits per heavy atom. The molecule has 0 aliphatic rings. The third kappa shape index (κ3) is 4.52. The fraction of sp³-hybridized carbons (Fsp3) is 0.333. The number of hydrogen-bond donors (Lipinski definition) is 1. The van der Waals surface area contributed by atoms with E-state index in [0.717, 1.165) is 13.9 Å². The monoisotopic (exact) mass is 106 g/mol. The van der Waals surface area contributed by atoms with Gasteiger partial charge < -0.3 is 0 Å². The molecule has 0 bridgehead atoms. The van der Waals surface area contributed by atoms with Crippen LogP contribution in [0.15, 0.2) is 12.7 Å². The highest BCUT2D eigenvalue weighted by atomic mass is 32.7. The molecule has 1 unspecified atom stereocenters. The van der Waals surface area contributed by atoms with Gasteiger partial charge in [-0.05, 0) is 6.16 Å². The van der Waals surface area contributed by atoms with Crippen molar-refractivity contribution >= 4 is 20.0 Å². The second-order valence-corrected chi connectivity index (χ2v) is 2.32. The van der Waals surface area contributed by atoms with Crippen LogP contribution in [0.4, 0.5) is 0 Å². The largest absolute Gasteiger partial charge is 0.154 e. The van der Waals surface area contributed by atoms with E-state index in [1.165, 1.54) is 0 Å². The summed E-state index contributed by atoms with van der Waals surface area (Å²) in [4.78, 5) is 0. The lowest BCUT2D eigenvalue weighted by molar-refractivity contribution is 1.83. The van der Waals surface area contributed by atoms with Gasteiger partial charge in [0, 0.05) is 0 Å². The van der Waals surface area contributed by atoms with Crippen LogP contribution < -0.4 is 0 Å². The third-order valence-electron chi connectivity index (χ3n) is 0.236. The molecule has 0 N–H and O–H groups in total. The van der Waals surface area contributed by atoms with Crippen molar-refractivity contribution in [2.75, 3.05) is 6.16 Å². The summed E-state index contributed by atoms with van der Waals surface area (Å²) in [7, 11) is 0.734. The van der Waals surface area contributed by atoms with Crippen LogP contribution in [0.25, 0.3) is 0 Å². The van der Waals surface area contributed by atoms with Gasteiger partial charge in [0.2, 0.25) is 0 Å². The molecule has 0 aliphatic heterocycles. The lowest BCUT2D eigenvalue weighted by Gasteiger charge is -1.73. The van der Waals surface area contributed by atoms with Crippen LogP contribution in [0, 0.1) is 0 Å². The van der Waals surface area contributed by atoms with E-state index in [0.29, 0.717) is 0 Å². The van der Waals surface area contributed by atoms with Crippen molar-refractivity contribution in [1.82, 2.24) is 0 Å². The highest BCUT2D eigenvalue weighted by Crippen LogP contribution is 2.12. The van der Waals surface area contributed by atoms with E-state index >= 15 is 0 Å². The van der Waals surface area contributed by atoms with Crippen molar-refractivity contribution < 1.29 is 0 Å². The molecule has 0 radical (unpaired) electrons. The quantitative estimate of drug-likeness (QED) is 0.309. The van der Waals surface area contributed by atoms with Crippen molar-refractivity contribution in [3.05, 3.63) is 12.7 Å². The summed E-state index contributed by atoms with van der Waals surface area (Å²) in [5.41, 5.74) is 0. The standard InChI is InChI=1S/C3H7PS/c1-2-3-4-5/h2,4-5H,1,3H2. The Morgan fingerprint density at radius 2 is 2.60 bits per heavy atom. The maximum absolute atomic E-state index is 3.96. The van der Waals surface area contributed by atoms with E-state index in [2.05, 4.69) is 18.8 Å². The Bertz CT molecular complexity index is 28.1. The molecule has 1 atom stereocenters. The molecule has 30 valence electrons. The van der Waals surface area contributed by atoms with Crippen molar-refractivity contribution in [3.8, 4) is 0 Å². The summed E-state index contributed by atoms with van der Waals surface area (Å²) in [6.45, 7) is 3.51. The van der Waals surface area contributed by atoms with E-state index < -0.39 is 0 Å². The van der Waals surface area contributed by atoms with Gasteiger partial charge in [-0.3, -0.25) is 0 Å². The summed E-state index contributed by atoms with van der Waals surface area (Å²) >= 11 is 3.96. The summed E-state index contributed by atoms with van der Waals surface area (Å²) in [5, 5.41) is 0. The maximum atomic E-state index is 3.96. The zero-order valence-electron chi connectivity index (χ0n) is 2.94. The highest BCUT2D eigenvalue weighted by Gasteiger charge is 1.61. The minimum Gasteiger partial charge on any atom is -0.154 e. The molecule has 5 heavy (non-hydrogen) atoms. The Morgan fingerprint density at radius 1 is 2.00 bits per heavy atom. The molecule has 0 aromatic heterocycles. The Kier molecular flexibility index (Phi) is 4.99. The average Bonchev–Trinajstić information content (AvgIpc) is 1.41. The van der Waals surface area contributed by atoms with Crippen molar-refractivity contribution in [2.45, 2.75) is 0 Å². The van der Waals surface area contributed by atoms with Gasteiger partial charge in [0.25, 0.3) is 0 Å². The highest BCUT2D eigenvalue weighted by molar-refractivity contribution is 8.38. The predicted octanol–water partition coefficient (Wildman–Crippen LogP) is 1.70. The first-order valence-corrected chi connectivity index (χ1v) is 3.89. The van der Waals surface area contributed by atoms with E-state index in [-0.39, 0.29) is 0 Å². The lowest BCUT2D eigenvalue weighted by Crippen LogP contribution is -1.48. The topological polar surface area (TPSA) is 0 Å². The second kappa shape index (κ2) is 4.52. The summed E-state index contributed by atoms with van der Waals surface area (Å²) in [5.74, 6) is 0. The number of thiol groups is 1. The van der Waals surface area contributed by atoms with Crippen LogP contribution in [0.2, 0.25) is 0 Å². The second-order valence-electron chi connectivity index (χ2n) is 0.651. The molecular formula is C3H7PS. The zero-order valence-corrected chi connectivity index (χ0v) is 4.83. The van der Waals surface area contributed by atoms with Crippen LogP contribution in [0.5, 0.6) is 0 Å². The fourth-order valence-electron chi connectivity index (χ4n) is 0.0645. The molecule has 0 aromatic rings. The van der Waals surface area contributed by atoms with Gasteiger partial charge in [-0.2, -0.15) is 12.2 Å². The van der Waals surface area contributed by atoms with Gasteiger partial charge >= 0.3 is 0 Å². The van der Waals surface area contributed by atoms with E-state index in [9.17, 15) is 0 Å². The van der Waals surface area contributed by atoms with Crippen LogP contribution in [-0.4, -0.2) is 6.16 Å². The summed E-state index contributed by atoms with van der Waals surface area (Å²) in [6, 6.07) is 0. The Balaban J connectivity index is 2.40. The van der Waals surface area contributed by atoms with Crippen LogP contribution >= 0.6 is 20.0 Å². The first-order valence-electron chi connectivity index (χ1n) is 1.39. The van der Waals surface area contributed by atoms with Crippen molar-refractivity contribution in [3.63, 3.8) is 0 Å². The van der Waals surface area contributed by atoms with Crippen molar-refractivity contribution in [1.29, 1.82) is 0 Å². The number of allylic oxidation sites excluding steroid dienone is 1. The van der Waals surface area contributed by atoms with Gasteiger partial charge in [-0.15, -0.1) is 6.58 Å².